The van der Waals surface area contributed by atoms with E-state index in [2.05, 4.69) is 30.8 Å². The maximum atomic E-state index is 3.18. The number of hydrogen-bond donors (Lipinski definition) is 1. The molecule has 1 aliphatic heterocycles. The summed E-state index contributed by atoms with van der Waals surface area (Å²) in [5.74, 6) is 0.715. The number of thioether (sulfide) groups is 1. The summed E-state index contributed by atoms with van der Waals surface area (Å²) < 4.78 is 0. The van der Waals surface area contributed by atoms with Gasteiger partial charge in [-0.05, 0) is 17.7 Å². The van der Waals surface area contributed by atoms with Crippen molar-refractivity contribution in [1.29, 1.82) is 0 Å². The molecule has 104 valence electrons. The van der Waals surface area contributed by atoms with Gasteiger partial charge in [0.05, 0.1) is 0 Å². The van der Waals surface area contributed by atoms with Gasteiger partial charge in [-0.2, -0.15) is 0 Å². The Labute approximate surface area is 118 Å². The van der Waals surface area contributed by atoms with E-state index >= 15 is 0 Å². The van der Waals surface area contributed by atoms with Crippen LogP contribution in [0.1, 0.15) is 71.6 Å². The summed E-state index contributed by atoms with van der Waals surface area (Å²) >= 11 is 1.87. The van der Waals surface area contributed by atoms with Gasteiger partial charge < -0.3 is 5.32 Å². The SMILES string of the molecule is CCCCCCCCCCC(C)C1=CNC=CS1. The van der Waals surface area contributed by atoms with Crippen LogP contribution in [0, 0.1) is 5.92 Å². The molecule has 0 aliphatic carbocycles. The maximum absolute atomic E-state index is 3.18. The van der Waals surface area contributed by atoms with Gasteiger partial charge in [-0.3, -0.25) is 0 Å². The van der Waals surface area contributed by atoms with Crippen LogP contribution in [0.5, 0.6) is 0 Å². The lowest BCUT2D eigenvalue weighted by molar-refractivity contribution is 0.529. The lowest BCUT2D eigenvalue weighted by Gasteiger charge is -2.16. The third-order valence-electron chi connectivity index (χ3n) is 3.57. The first-order chi connectivity index (χ1) is 8.84. The lowest BCUT2D eigenvalue weighted by Crippen LogP contribution is -2.04. The first-order valence-electron chi connectivity index (χ1n) is 7.62. The summed E-state index contributed by atoms with van der Waals surface area (Å²) in [6.07, 6.45) is 16.8. The highest BCUT2D eigenvalue weighted by molar-refractivity contribution is 8.05. The van der Waals surface area contributed by atoms with E-state index in [9.17, 15) is 0 Å². The molecule has 2 heteroatoms. The second-order valence-electron chi connectivity index (χ2n) is 5.30. The zero-order valence-corrected chi connectivity index (χ0v) is 12.9. The second kappa shape index (κ2) is 10.5. The van der Waals surface area contributed by atoms with Crippen molar-refractivity contribution in [3.63, 3.8) is 0 Å². The lowest BCUT2D eigenvalue weighted by atomic mass is 10.0. The summed E-state index contributed by atoms with van der Waals surface area (Å²) in [4.78, 5) is 1.49. The van der Waals surface area contributed by atoms with Gasteiger partial charge in [0.1, 0.15) is 0 Å². The molecule has 0 saturated heterocycles. The molecule has 0 bridgehead atoms. The summed E-state index contributed by atoms with van der Waals surface area (Å²) in [5, 5.41) is 5.32. The Morgan fingerprint density at radius 1 is 1.06 bits per heavy atom. The minimum Gasteiger partial charge on any atom is -0.366 e. The Morgan fingerprint density at radius 2 is 1.72 bits per heavy atom. The van der Waals surface area contributed by atoms with E-state index in [0.29, 0.717) is 5.92 Å². The quantitative estimate of drug-likeness (QED) is 0.502. The van der Waals surface area contributed by atoms with Gasteiger partial charge >= 0.3 is 0 Å². The minimum absolute atomic E-state index is 0.715. The monoisotopic (exact) mass is 267 g/mol. The number of nitrogens with one attached hydrogen (secondary N) is 1. The van der Waals surface area contributed by atoms with Gasteiger partial charge in [0.15, 0.2) is 0 Å². The fourth-order valence-electron chi connectivity index (χ4n) is 2.30. The van der Waals surface area contributed by atoms with E-state index in [4.69, 9.17) is 0 Å². The Bertz CT molecular complexity index is 258. The third-order valence-corrected chi connectivity index (χ3v) is 4.63. The molecule has 1 heterocycles. The Balaban J connectivity index is 1.92. The molecule has 1 aliphatic rings. The molecule has 1 atom stereocenters. The molecule has 0 amide bonds. The van der Waals surface area contributed by atoms with Crippen LogP contribution in [-0.2, 0) is 0 Å². The first-order valence-corrected chi connectivity index (χ1v) is 8.50. The number of hydrogen-bond acceptors (Lipinski definition) is 2. The Kier molecular flexibility index (Phi) is 9.19. The van der Waals surface area contributed by atoms with Crippen molar-refractivity contribution >= 4 is 11.8 Å². The third kappa shape index (κ3) is 7.15. The van der Waals surface area contributed by atoms with Crippen LogP contribution in [0.2, 0.25) is 0 Å². The van der Waals surface area contributed by atoms with Crippen LogP contribution < -0.4 is 5.32 Å². The molecular formula is C16H29NS. The zero-order chi connectivity index (χ0) is 13.1. The molecular weight excluding hydrogens is 238 g/mol. The zero-order valence-electron chi connectivity index (χ0n) is 12.1. The summed E-state index contributed by atoms with van der Waals surface area (Å²) in [6, 6.07) is 0. The van der Waals surface area contributed by atoms with Crippen LogP contribution in [-0.4, -0.2) is 0 Å². The molecule has 0 aromatic rings. The van der Waals surface area contributed by atoms with Crippen molar-refractivity contribution in [2.75, 3.05) is 0 Å². The fourth-order valence-corrected chi connectivity index (χ4v) is 3.09. The van der Waals surface area contributed by atoms with Crippen molar-refractivity contribution < 1.29 is 0 Å². The molecule has 1 nitrogen and oxygen atoms in total. The predicted octanol–water partition coefficient (Wildman–Crippen LogP) is 5.80. The molecule has 0 spiro atoms. The molecule has 0 radical (unpaired) electrons. The topological polar surface area (TPSA) is 12.0 Å². The summed E-state index contributed by atoms with van der Waals surface area (Å²) in [5.41, 5.74) is 0. The predicted molar refractivity (Wildman–Crippen MR) is 84.3 cm³/mol. The van der Waals surface area contributed by atoms with E-state index in [1.54, 1.807) is 0 Å². The number of rotatable bonds is 10. The minimum atomic E-state index is 0.715. The van der Waals surface area contributed by atoms with Crippen LogP contribution in [0.3, 0.4) is 0 Å². The van der Waals surface area contributed by atoms with Gasteiger partial charge in [0, 0.05) is 17.3 Å². The summed E-state index contributed by atoms with van der Waals surface area (Å²) in [7, 11) is 0. The number of allylic oxidation sites excluding steroid dienone is 1. The number of unbranched alkanes of at least 4 members (excludes halogenated alkanes) is 7. The Morgan fingerprint density at radius 3 is 2.33 bits per heavy atom. The van der Waals surface area contributed by atoms with Gasteiger partial charge in [-0.15, -0.1) is 0 Å². The van der Waals surface area contributed by atoms with Gasteiger partial charge in [-0.25, -0.2) is 0 Å². The standard InChI is InChI=1S/C16H29NS/c1-3-4-5-6-7-8-9-10-11-15(2)16-14-17-12-13-18-16/h12-15,17H,3-11H2,1-2H3. The first kappa shape index (κ1) is 15.7. The average molecular weight is 267 g/mol. The molecule has 1 rings (SSSR count). The smallest absolute Gasteiger partial charge is 0.0107 e. The van der Waals surface area contributed by atoms with E-state index in [0.717, 1.165) is 0 Å². The molecule has 0 aromatic heterocycles. The highest BCUT2D eigenvalue weighted by atomic mass is 32.2. The fraction of sp³-hybridized carbons (Fsp3) is 0.750. The normalized spacial score (nSPS) is 16.2. The highest BCUT2D eigenvalue weighted by Crippen LogP contribution is 2.30. The molecule has 0 saturated carbocycles. The van der Waals surface area contributed by atoms with Crippen molar-refractivity contribution in [2.45, 2.75) is 71.6 Å². The molecule has 0 aromatic carbocycles. The van der Waals surface area contributed by atoms with Gasteiger partial charge in [-0.1, -0.05) is 77.0 Å². The van der Waals surface area contributed by atoms with Crippen LogP contribution in [0.25, 0.3) is 0 Å². The maximum Gasteiger partial charge on any atom is 0.0107 e. The van der Waals surface area contributed by atoms with E-state index in [1.807, 2.05) is 18.0 Å². The van der Waals surface area contributed by atoms with Crippen molar-refractivity contribution in [2.24, 2.45) is 5.92 Å². The van der Waals surface area contributed by atoms with Crippen LogP contribution in [0.4, 0.5) is 0 Å². The van der Waals surface area contributed by atoms with Gasteiger partial charge in [0.25, 0.3) is 0 Å². The molecule has 1 N–H and O–H groups in total. The highest BCUT2D eigenvalue weighted by Gasteiger charge is 2.09. The van der Waals surface area contributed by atoms with E-state index in [-0.39, 0.29) is 0 Å². The summed E-state index contributed by atoms with van der Waals surface area (Å²) in [6.45, 7) is 4.63. The van der Waals surface area contributed by atoms with Crippen molar-refractivity contribution in [3.8, 4) is 0 Å². The van der Waals surface area contributed by atoms with E-state index in [1.165, 1.54) is 62.7 Å². The van der Waals surface area contributed by atoms with Crippen LogP contribution >= 0.6 is 11.8 Å². The average Bonchev–Trinajstić information content (AvgIpc) is 2.42. The van der Waals surface area contributed by atoms with Gasteiger partial charge in [0.2, 0.25) is 0 Å². The second-order valence-corrected chi connectivity index (χ2v) is 6.28. The van der Waals surface area contributed by atoms with Crippen molar-refractivity contribution in [1.82, 2.24) is 5.32 Å². The molecule has 0 fully saturated rings. The van der Waals surface area contributed by atoms with Crippen LogP contribution in [0.15, 0.2) is 22.7 Å². The van der Waals surface area contributed by atoms with Crippen molar-refractivity contribution in [3.05, 3.63) is 22.7 Å². The largest absolute Gasteiger partial charge is 0.366 e. The molecule has 18 heavy (non-hydrogen) atoms. The Hall–Kier alpha value is -0.370. The van der Waals surface area contributed by atoms with E-state index < -0.39 is 0 Å². The molecule has 1 unspecified atom stereocenters.